The number of nitrogens with two attached hydrogens (primary N) is 1. The molecule has 0 rings (SSSR count). The molecule has 0 saturated heterocycles. The first-order valence-corrected chi connectivity index (χ1v) is 38.5. The van der Waals surface area contributed by atoms with Crippen LogP contribution in [-0.4, -0.2) is 59.2 Å². The molecule has 0 spiro atoms. The molecule has 0 bridgehead atoms. The summed E-state index contributed by atoms with van der Waals surface area (Å²) >= 11 is 0. The third kappa shape index (κ3) is 56.7. The van der Waals surface area contributed by atoms with E-state index in [9.17, 15) is 19.2 Å². The van der Waals surface area contributed by atoms with E-state index >= 15 is 0 Å². The molecule has 4 amide bonds. The summed E-state index contributed by atoms with van der Waals surface area (Å²) in [7, 11) is 0. The maximum atomic E-state index is 14.5. The number of nitrogens with zero attached hydrogens (tertiary/aromatic N) is 2. The molecule has 0 aromatic carbocycles. The predicted molar refractivity (Wildman–Crippen MR) is 368 cm³/mol. The minimum Gasteiger partial charge on any atom is -0.329 e. The van der Waals surface area contributed by atoms with Crippen LogP contribution in [0.25, 0.3) is 0 Å². The fraction of sp³-hybridized carbons (Fsp3) is 0.947. The molecule has 0 aliphatic heterocycles. The molecule has 0 aromatic heterocycles. The van der Waals surface area contributed by atoms with Crippen LogP contribution in [0.4, 0.5) is 0 Å². The van der Waals surface area contributed by atoms with Crippen molar-refractivity contribution in [3.63, 3.8) is 0 Å². The summed E-state index contributed by atoms with van der Waals surface area (Å²) in [4.78, 5) is 60.6. The van der Waals surface area contributed by atoms with Crippen LogP contribution < -0.4 is 11.1 Å². The van der Waals surface area contributed by atoms with E-state index in [1.54, 1.807) is 0 Å². The number of amides is 4. The van der Waals surface area contributed by atoms with Gasteiger partial charge in [0, 0.05) is 38.8 Å². The van der Waals surface area contributed by atoms with Crippen molar-refractivity contribution in [3.05, 3.63) is 0 Å². The quantitative estimate of drug-likeness (QED) is 0.0463. The Hall–Kier alpha value is -1.80. The number of nitrogens with one attached hydrogen (secondary N) is 1. The number of hydrogen-bond donors (Lipinski definition) is 2. The number of carbonyl (C=O) groups is 4. The van der Waals surface area contributed by atoms with E-state index in [4.69, 9.17) is 5.73 Å². The Balaban J connectivity index is 5.72. The van der Waals surface area contributed by atoms with Crippen molar-refractivity contribution in [2.75, 3.05) is 19.6 Å². The molecule has 0 saturated carbocycles. The van der Waals surface area contributed by atoms with Crippen LogP contribution in [0, 0.1) is 0 Å². The van der Waals surface area contributed by atoms with E-state index in [0.29, 0.717) is 38.8 Å². The van der Waals surface area contributed by atoms with E-state index < -0.39 is 6.17 Å². The van der Waals surface area contributed by atoms with Gasteiger partial charge in [0.15, 0.2) is 0 Å². The van der Waals surface area contributed by atoms with E-state index in [-0.39, 0.29) is 30.2 Å². The fourth-order valence-corrected chi connectivity index (χ4v) is 12.6. The third-order valence-corrected chi connectivity index (χ3v) is 18.3. The van der Waals surface area contributed by atoms with Gasteiger partial charge in [-0.2, -0.15) is 0 Å². The molecule has 0 fully saturated rings. The molecule has 3 N–H and O–H groups in total. The Bertz CT molecular complexity index is 1280. The second-order valence-corrected chi connectivity index (χ2v) is 26.6. The normalized spacial score (nSPS) is 11.9. The van der Waals surface area contributed by atoms with Gasteiger partial charge in [-0.05, 0) is 25.7 Å². The Morgan fingerprint density at radius 2 is 0.429 bits per heavy atom. The zero-order valence-corrected chi connectivity index (χ0v) is 57.6. The standard InChI is InChI=1S/C76H150N4O4/c1-5-9-13-17-21-25-29-33-37-41-45-49-53-57-61-65-73(81)79(74(82)66-62-58-54-50-46-42-38-34-30-26-22-18-14-10-6-2)71-72(78-70-69-77)80(75(83)67-63-59-55-51-47-43-39-35-31-27-23-19-15-11-7-3)76(84)68-64-60-56-52-48-44-40-36-32-28-24-20-16-12-8-4/h72,78H,5-71,77H2,1-4H3. The van der Waals surface area contributed by atoms with E-state index in [1.807, 2.05) is 0 Å². The summed E-state index contributed by atoms with van der Waals surface area (Å²) in [5, 5.41) is 3.44. The van der Waals surface area contributed by atoms with Crippen LogP contribution in [-0.2, 0) is 19.2 Å². The average molecular weight is 1180 g/mol. The van der Waals surface area contributed by atoms with Crippen molar-refractivity contribution >= 4 is 23.6 Å². The summed E-state index contributed by atoms with van der Waals surface area (Å²) < 4.78 is 0. The van der Waals surface area contributed by atoms with E-state index in [2.05, 4.69) is 33.0 Å². The highest BCUT2D eigenvalue weighted by atomic mass is 16.2. The van der Waals surface area contributed by atoms with Crippen molar-refractivity contribution < 1.29 is 19.2 Å². The smallest absolute Gasteiger partial charge is 0.230 e. The molecule has 498 valence electrons. The molecule has 0 aliphatic rings. The van der Waals surface area contributed by atoms with Crippen LogP contribution >= 0.6 is 0 Å². The number of carbonyl (C=O) groups excluding carboxylic acids is 4. The molecule has 8 nitrogen and oxygen atoms in total. The largest absolute Gasteiger partial charge is 0.329 e. The Kier molecular flexibility index (Phi) is 67.2. The molecule has 8 heteroatoms. The van der Waals surface area contributed by atoms with Crippen molar-refractivity contribution in [2.45, 2.75) is 445 Å². The maximum Gasteiger partial charge on any atom is 0.230 e. The van der Waals surface area contributed by atoms with Crippen molar-refractivity contribution in [1.82, 2.24) is 15.1 Å². The summed E-state index contributed by atoms with van der Waals surface area (Å²) in [6.45, 7) is 9.83. The van der Waals surface area contributed by atoms with Gasteiger partial charge in [0.1, 0.15) is 6.17 Å². The third-order valence-electron chi connectivity index (χ3n) is 18.3. The first-order chi connectivity index (χ1) is 41.4. The molecule has 0 aliphatic carbocycles. The van der Waals surface area contributed by atoms with Crippen molar-refractivity contribution in [2.24, 2.45) is 5.73 Å². The van der Waals surface area contributed by atoms with Crippen LogP contribution in [0.2, 0.25) is 0 Å². The second kappa shape index (κ2) is 68.7. The average Bonchev–Trinajstić information content (AvgIpc) is 3.52. The fourth-order valence-electron chi connectivity index (χ4n) is 12.6. The molecular formula is C76H150N4O4. The Morgan fingerprint density at radius 1 is 0.262 bits per heavy atom. The topological polar surface area (TPSA) is 113 Å². The van der Waals surface area contributed by atoms with Crippen LogP contribution in [0.5, 0.6) is 0 Å². The van der Waals surface area contributed by atoms with Gasteiger partial charge >= 0.3 is 0 Å². The summed E-state index contributed by atoms with van der Waals surface area (Å²) in [5.41, 5.74) is 6.12. The minimum absolute atomic E-state index is 0.00958. The SMILES string of the molecule is CCCCCCCCCCCCCCCCCC(=O)N(CC(NCCN)N(C(=O)CCCCCCCCCCCCCCCCC)C(=O)CCCCCCCCCCCCCCCCC)C(=O)CCCCCCCCCCCCCCCCC. The molecule has 0 aromatic rings. The van der Waals surface area contributed by atoms with E-state index in [0.717, 1.165) is 77.0 Å². The predicted octanol–water partition coefficient (Wildman–Crippen LogP) is 23.6. The highest BCUT2D eigenvalue weighted by molar-refractivity contribution is 5.97. The molecule has 1 unspecified atom stereocenters. The van der Waals surface area contributed by atoms with Gasteiger partial charge in [0.05, 0.1) is 6.54 Å². The number of hydrogen-bond acceptors (Lipinski definition) is 6. The molecule has 84 heavy (non-hydrogen) atoms. The Morgan fingerprint density at radius 3 is 0.607 bits per heavy atom. The van der Waals surface area contributed by atoms with Crippen LogP contribution in [0.1, 0.15) is 439 Å². The lowest BCUT2D eigenvalue weighted by Gasteiger charge is -2.34. The van der Waals surface area contributed by atoms with Crippen LogP contribution in [0.15, 0.2) is 0 Å². The molecule has 0 radical (unpaired) electrons. The zero-order chi connectivity index (χ0) is 61.1. The van der Waals surface area contributed by atoms with Gasteiger partial charge in [-0.15, -0.1) is 0 Å². The van der Waals surface area contributed by atoms with Gasteiger partial charge in [-0.3, -0.25) is 34.3 Å². The van der Waals surface area contributed by atoms with Gasteiger partial charge in [-0.1, -0.05) is 387 Å². The minimum atomic E-state index is -0.795. The van der Waals surface area contributed by atoms with Crippen LogP contribution in [0.3, 0.4) is 0 Å². The second-order valence-electron chi connectivity index (χ2n) is 26.6. The van der Waals surface area contributed by atoms with E-state index in [1.165, 1.54) is 318 Å². The van der Waals surface area contributed by atoms with Crippen molar-refractivity contribution in [3.8, 4) is 0 Å². The summed E-state index contributed by atoms with van der Waals surface area (Å²) in [6.07, 6.45) is 75.7. The lowest BCUT2D eigenvalue weighted by molar-refractivity contribution is -0.154. The first kappa shape index (κ1) is 82.2. The zero-order valence-electron chi connectivity index (χ0n) is 57.6. The van der Waals surface area contributed by atoms with Gasteiger partial charge < -0.3 is 5.73 Å². The van der Waals surface area contributed by atoms with Gasteiger partial charge in [0.25, 0.3) is 0 Å². The lowest BCUT2D eigenvalue weighted by atomic mass is 10.0. The van der Waals surface area contributed by atoms with Gasteiger partial charge in [0.2, 0.25) is 23.6 Å². The maximum absolute atomic E-state index is 14.5. The number of imide groups is 2. The first-order valence-electron chi connectivity index (χ1n) is 38.5. The van der Waals surface area contributed by atoms with Gasteiger partial charge in [-0.25, -0.2) is 0 Å². The van der Waals surface area contributed by atoms with Crippen molar-refractivity contribution in [1.29, 1.82) is 0 Å². The lowest BCUT2D eigenvalue weighted by Crippen LogP contribution is -2.59. The summed E-state index contributed by atoms with van der Waals surface area (Å²) in [6, 6.07) is 0. The highest BCUT2D eigenvalue weighted by Gasteiger charge is 2.33. The molecule has 1 atom stereocenters. The number of unbranched alkanes of at least 4 members (excludes halogenated alkanes) is 56. The molecular weight excluding hydrogens is 1030 g/mol. The number of rotatable bonds is 70. The Labute approximate surface area is 525 Å². The summed E-state index contributed by atoms with van der Waals surface area (Å²) in [5.74, 6) is -0.704. The molecule has 0 heterocycles. The highest BCUT2D eigenvalue weighted by Crippen LogP contribution is 2.21. The monoisotopic (exact) mass is 1180 g/mol.